The van der Waals surface area contributed by atoms with Gasteiger partial charge < -0.3 is 10.2 Å². The highest BCUT2D eigenvalue weighted by molar-refractivity contribution is 5.76. The standard InChI is InChI=1S/C17H21N3O/c1-20(2)16-8-5-15(6-9-16)13-19-17(21)10-7-14-4-3-11-18-12-14/h3-6,8-9,11-12H,7,10,13H2,1-2H3,(H,19,21). The van der Waals surface area contributed by atoms with E-state index < -0.39 is 0 Å². The number of amides is 1. The molecule has 0 radical (unpaired) electrons. The minimum Gasteiger partial charge on any atom is -0.378 e. The molecule has 2 aromatic rings. The molecule has 0 saturated heterocycles. The third-order valence-electron chi connectivity index (χ3n) is 3.31. The van der Waals surface area contributed by atoms with E-state index in [0.29, 0.717) is 13.0 Å². The summed E-state index contributed by atoms with van der Waals surface area (Å²) in [6, 6.07) is 12.1. The molecule has 0 spiro atoms. The van der Waals surface area contributed by atoms with Gasteiger partial charge in [-0.05, 0) is 35.7 Å². The van der Waals surface area contributed by atoms with Crippen molar-refractivity contribution in [2.45, 2.75) is 19.4 Å². The van der Waals surface area contributed by atoms with Crippen LogP contribution in [0.1, 0.15) is 17.5 Å². The van der Waals surface area contributed by atoms with E-state index in [1.807, 2.05) is 38.4 Å². The molecule has 1 N–H and O–H groups in total. The Balaban J connectivity index is 1.76. The van der Waals surface area contributed by atoms with Crippen molar-refractivity contribution >= 4 is 11.6 Å². The number of nitrogens with zero attached hydrogens (tertiary/aromatic N) is 2. The first-order chi connectivity index (χ1) is 10.1. The Morgan fingerprint density at radius 3 is 2.52 bits per heavy atom. The molecule has 0 aliphatic heterocycles. The first kappa shape index (κ1) is 15.0. The van der Waals surface area contributed by atoms with Crippen LogP contribution in [-0.2, 0) is 17.8 Å². The molecule has 0 fully saturated rings. The van der Waals surface area contributed by atoms with Crippen molar-refractivity contribution in [1.82, 2.24) is 10.3 Å². The van der Waals surface area contributed by atoms with Crippen molar-refractivity contribution in [3.05, 3.63) is 59.9 Å². The van der Waals surface area contributed by atoms with Gasteiger partial charge in [-0.15, -0.1) is 0 Å². The lowest BCUT2D eigenvalue weighted by molar-refractivity contribution is -0.121. The van der Waals surface area contributed by atoms with Gasteiger partial charge in [-0.1, -0.05) is 18.2 Å². The van der Waals surface area contributed by atoms with Crippen LogP contribution in [0, 0.1) is 0 Å². The van der Waals surface area contributed by atoms with Crippen LogP contribution < -0.4 is 10.2 Å². The molecular weight excluding hydrogens is 262 g/mol. The quantitative estimate of drug-likeness (QED) is 0.885. The number of aryl methyl sites for hydroxylation is 1. The predicted molar refractivity (Wildman–Crippen MR) is 85.2 cm³/mol. The maximum Gasteiger partial charge on any atom is 0.220 e. The predicted octanol–water partition coefficient (Wildman–Crippen LogP) is 2.40. The third-order valence-corrected chi connectivity index (χ3v) is 3.31. The lowest BCUT2D eigenvalue weighted by Gasteiger charge is -2.13. The van der Waals surface area contributed by atoms with Crippen LogP contribution in [0.25, 0.3) is 0 Å². The van der Waals surface area contributed by atoms with E-state index in [9.17, 15) is 4.79 Å². The van der Waals surface area contributed by atoms with E-state index in [1.54, 1.807) is 12.4 Å². The summed E-state index contributed by atoms with van der Waals surface area (Å²) in [5.74, 6) is 0.0653. The van der Waals surface area contributed by atoms with Gasteiger partial charge in [-0.2, -0.15) is 0 Å². The Kier molecular flexibility index (Phi) is 5.32. The lowest BCUT2D eigenvalue weighted by atomic mass is 10.1. The minimum atomic E-state index is 0.0653. The fourth-order valence-electron chi connectivity index (χ4n) is 2.00. The number of anilines is 1. The van der Waals surface area contributed by atoms with Crippen molar-refractivity contribution in [2.24, 2.45) is 0 Å². The number of nitrogens with one attached hydrogen (secondary N) is 1. The molecule has 0 aliphatic rings. The minimum absolute atomic E-state index is 0.0653. The van der Waals surface area contributed by atoms with Crippen LogP contribution in [0.3, 0.4) is 0 Å². The summed E-state index contributed by atoms with van der Waals surface area (Å²) in [7, 11) is 4.02. The smallest absolute Gasteiger partial charge is 0.220 e. The molecule has 2 rings (SSSR count). The number of rotatable bonds is 6. The number of pyridine rings is 1. The molecule has 0 aliphatic carbocycles. The van der Waals surface area contributed by atoms with E-state index in [4.69, 9.17) is 0 Å². The van der Waals surface area contributed by atoms with Gasteiger partial charge in [-0.3, -0.25) is 9.78 Å². The van der Waals surface area contributed by atoms with Crippen LogP contribution in [-0.4, -0.2) is 25.0 Å². The SMILES string of the molecule is CN(C)c1ccc(CNC(=O)CCc2cccnc2)cc1. The number of carbonyl (C=O) groups excluding carboxylic acids is 1. The average Bonchev–Trinajstić information content (AvgIpc) is 2.52. The van der Waals surface area contributed by atoms with Gasteiger partial charge in [0.05, 0.1) is 0 Å². The van der Waals surface area contributed by atoms with Crippen molar-refractivity contribution in [3.8, 4) is 0 Å². The number of aromatic nitrogens is 1. The van der Waals surface area contributed by atoms with Crippen LogP contribution in [0.4, 0.5) is 5.69 Å². The van der Waals surface area contributed by atoms with E-state index in [-0.39, 0.29) is 5.91 Å². The fourth-order valence-corrected chi connectivity index (χ4v) is 2.00. The number of carbonyl (C=O) groups is 1. The molecule has 0 atom stereocenters. The first-order valence-corrected chi connectivity index (χ1v) is 7.07. The van der Waals surface area contributed by atoms with Gasteiger partial charge in [0, 0.05) is 45.1 Å². The molecule has 1 aromatic heterocycles. The summed E-state index contributed by atoms with van der Waals surface area (Å²) in [6.07, 6.45) is 4.74. The maximum absolute atomic E-state index is 11.8. The van der Waals surface area contributed by atoms with Crippen LogP contribution in [0.2, 0.25) is 0 Å². The molecule has 21 heavy (non-hydrogen) atoms. The molecule has 4 heteroatoms. The van der Waals surface area contributed by atoms with Gasteiger partial charge >= 0.3 is 0 Å². The molecule has 0 saturated carbocycles. The van der Waals surface area contributed by atoms with Crippen LogP contribution >= 0.6 is 0 Å². The average molecular weight is 283 g/mol. The summed E-state index contributed by atoms with van der Waals surface area (Å²) in [5.41, 5.74) is 3.35. The van der Waals surface area contributed by atoms with Gasteiger partial charge in [-0.25, -0.2) is 0 Å². The Hall–Kier alpha value is -2.36. The monoisotopic (exact) mass is 283 g/mol. The molecule has 0 bridgehead atoms. The zero-order valence-electron chi connectivity index (χ0n) is 12.5. The Labute approximate surface area is 125 Å². The molecule has 1 amide bonds. The second-order valence-corrected chi connectivity index (χ2v) is 5.20. The summed E-state index contributed by atoms with van der Waals surface area (Å²) < 4.78 is 0. The van der Waals surface area contributed by atoms with Crippen molar-refractivity contribution in [3.63, 3.8) is 0 Å². The zero-order chi connectivity index (χ0) is 15.1. The van der Waals surface area contributed by atoms with Gasteiger partial charge in [0.25, 0.3) is 0 Å². The van der Waals surface area contributed by atoms with E-state index in [0.717, 1.165) is 23.2 Å². The highest BCUT2D eigenvalue weighted by Gasteiger charge is 2.03. The lowest BCUT2D eigenvalue weighted by Crippen LogP contribution is -2.23. The van der Waals surface area contributed by atoms with Crippen molar-refractivity contribution in [1.29, 1.82) is 0 Å². The number of benzene rings is 1. The van der Waals surface area contributed by atoms with Crippen molar-refractivity contribution < 1.29 is 4.79 Å². The number of hydrogen-bond donors (Lipinski definition) is 1. The van der Waals surface area contributed by atoms with Gasteiger partial charge in [0.2, 0.25) is 5.91 Å². The zero-order valence-corrected chi connectivity index (χ0v) is 12.5. The Morgan fingerprint density at radius 1 is 1.14 bits per heavy atom. The Bertz CT molecular complexity index is 564. The van der Waals surface area contributed by atoms with Crippen molar-refractivity contribution in [2.75, 3.05) is 19.0 Å². The largest absolute Gasteiger partial charge is 0.378 e. The molecule has 1 heterocycles. The third kappa shape index (κ3) is 4.91. The summed E-state index contributed by atoms with van der Waals surface area (Å²) in [4.78, 5) is 17.9. The Morgan fingerprint density at radius 2 is 1.90 bits per heavy atom. The first-order valence-electron chi connectivity index (χ1n) is 7.07. The van der Waals surface area contributed by atoms with Crippen LogP contribution in [0.15, 0.2) is 48.8 Å². The topological polar surface area (TPSA) is 45.2 Å². The highest BCUT2D eigenvalue weighted by atomic mass is 16.1. The summed E-state index contributed by atoms with van der Waals surface area (Å²) in [6.45, 7) is 0.569. The second kappa shape index (κ2) is 7.43. The normalized spacial score (nSPS) is 10.2. The van der Waals surface area contributed by atoms with E-state index in [2.05, 4.69) is 27.3 Å². The highest BCUT2D eigenvalue weighted by Crippen LogP contribution is 2.12. The molecule has 4 nitrogen and oxygen atoms in total. The fraction of sp³-hybridized carbons (Fsp3) is 0.294. The van der Waals surface area contributed by atoms with Gasteiger partial charge in [0.15, 0.2) is 0 Å². The molecule has 110 valence electrons. The van der Waals surface area contributed by atoms with Crippen LogP contribution in [0.5, 0.6) is 0 Å². The molecule has 0 unspecified atom stereocenters. The summed E-state index contributed by atoms with van der Waals surface area (Å²) >= 11 is 0. The number of hydrogen-bond acceptors (Lipinski definition) is 3. The maximum atomic E-state index is 11.8. The van der Waals surface area contributed by atoms with E-state index in [1.165, 1.54) is 0 Å². The summed E-state index contributed by atoms with van der Waals surface area (Å²) in [5, 5.41) is 2.94. The van der Waals surface area contributed by atoms with Gasteiger partial charge in [0.1, 0.15) is 0 Å². The molecular formula is C17H21N3O. The molecule has 1 aromatic carbocycles. The second-order valence-electron chi connectivity index (χ2n) is 5.20. The van der Waals surface area contributed by atoms with E-state index >= 15 is 0 Å².